The highest BCUT2D eigenvalue weighted by molar-refractivity contribution is 7.13. The number of hydrogen-bond acceptors (Lipinski definition) is 5. The number of aryl methyl sites for hydroxylation is 1. The van der Waals surface area contributed by atoms with E-state index < -0.39 is 5.92 Å². The van der Waals surface area contributed by atoms with Crippen LogP contribution in [0.5, 0.6) is 5.75 Å². The van der Waals surface area contributed by atoms with Gasteiger partial charge in [-0.15, -0.1) is 11.3 Å². The molecule has 1 aromatic carbocycles. The molecule has 1 aliphatic rings. The monoisotopic (exact) mass is 373 g/mol. The van der Waals surface area contributed by atoms with Crippen LogP contribution in [0.3, 0.4) is 0 Å². The fourth-order valence-corrected chi connectivity index (χ4v) is 3.82. The zero-order chi connectivity index (χ0) is 18.8. The maximum atomic E-state index is 12.6. The molecule has 138 valence electrons. The lowest BCUT2D eigenvalue weighted by Crippen LogP contribution is -2.28. The molecule has 0 saturated carbocycles. The van der Waals surface area contributed by atoms with Gasteiger partial charge in [-0.25, -0.2) is 4.98 Å². The molecular weight excluding hydrogens is 350 g/mol. The van der Waals surface area contributed by atoms with Crippen molar-refractivity contribution in [3.8, 4) is 5.75 Å². The second kappa shape index (κ2) is 7.45. The minimum Gasteiger partial charge on any atom is -0.495 e. The molecular formula is C19H23N3O3S. The normalized spacial score (nSPS) is 17.0. The van der Waals surface area contributed by atoms with E-state index >= 15 is 0 Å². The summed E-state index contributed by atoms with van der Waals surface area (Å²) in [4.78, 5) is 31.1. The maximum absolute atomic E-state index is 12.6. The molecule has 0 bridgehead atoms. The summed E-state index contributed by atoms with van der Waals surface area (Å²) in [6.07, 6.45) is 0.186. The largest absolute Gasteiger partial charge is 0.495 e. The highest BCUT2D eigenvalue weighted by Crippen LogP contribution is 2.34. The molecule has 3 rings (SSSR count). The van der Waals surface area contributed by atoms with Crippen LogP contribution in [0.2, 0.25) is 0 Å². The van der Waals surface area contributed by atoms with Crippen molar-refractivity contribution < 1.29 is 14.3 Å². The first kappa shape index (κ1) is 18.4. The molecule has 1 fully saturated rings. The lowest BCUT2D eigenvalue weighted by atomic mass is 10.1. The average molecular weight is 373 g/mol. The van der Waals surface area contributed by atoms with Crippen molar-refractivity contribution >= 4 is 34.0 Å². The number of carbonyl (C=O) groups excluding carboxylic acids is 2. The van der Waals surface area contributed by atoms with E-state index in [0.717, 1.165) is 11.3 Å². The van der Waals surface area contributed by atoms with E-state index in [4.69, 9.17) is 4.74 Å². The number of hydrogen-bond donors (Lipinski definition) is 1. The molecule has 0 radical (unpaired) electrons. The summed E-state index contributed by atoms with van der Waals surface area (Å²) in [6.45, 7) is 6.42. The van der Waals surface area contributed by atoms with Gasteiger partial charge in [-0.1, -0.05) is 19.9 Å². The van der Waals surface area contributed by atoms with Gasteiger partial charge in [0.1, 0.15) is 5.75 Å². The van der Waals surface area contributed by atoms with E-state index in [1.165, 1.54) is 11.3 Å². The van der Waals surface area contributed by atoms with Gasteiger partial charge >= 0.3 is 0 Å². The van der Waals surface area contributed by atoms with Crippen molar-refractivity contribution in [2.45, 2.75) is 33.1 Å². The number of thiazole rings is 1. The van der Waals surface area contributed by atoms with Crippen LogP contribution in [0.25, 0.3) is 0 Å². The van der Waals surface area contributed by atoms with E-state index in [9.17, 15) is 9.59 Å². The number of aromatic nitrogens is 1. The van der Waals surface area contributed by atoms with Crippen LogP contribution in [-0.4, -0.2) is 30.5 Å². The fraction of sp³-hybridized carbons (Fsp3) is 0.421. The standard InChI is InChI=1S/C19H23N3O3S/c1-11(2)14-10-26-19(20-14)21-18(24)13-8-17(23)22(9-13)15-7-12(3)5-6-16(15)25-4/h5-7,10-11,13H,8-9H2,1-4H3,(H,20,21,24)/t13-/m1/s1. The van der Waals surface area contributed by atoms with Crippen LogP contribution in [-0.2, 0) is 9.59 Å². The highest BCUT2D eigenvalue weighted by Gasteiger charge is 2.36. The first-order valence-corrected chi connectivity index (χ1v) is 9.48. The quantitative estimate of drug-likeness (QED) is 0.870. The summed E-state index contributed by atoms with van der Waals surface area (Å²) in [6, 6.07) is 5.68. The van der Waals surface area contributed by atoms with Crippen molar-refractivity contribution in [1.82, 2.24) is 4.98 Å². The van der Waals surface area contributed by atoms with Crippen LogP contribution < -0.4 is 15.0 Å². The molecule has 1 saturated heterocycles. The van der Waals surface area contributed by atoms with Crippen molar-refractivity contribution in [3.63, 3.8) is 0 Å². The predicted molar refractivity (Wildman–Crippen MR) is 103 cm³/mol. The van der Waals surface area contributed by atoms with Crippen LogP contribution in [0.15, 0.2) is 23.6 Å². The van der Waals surface area contributed by atoms with E-state index in [1.54, 1.807) is 12.0 Å². The molecule has 1 atom stereocenters. The second-order valence-electron chi connectivity index (χ2n) is 6.80. The molecule has 6 nitrogen and oxygen atoms in total. The molecule has 7 heteroatoms. The summed E-state index contributed by atoms with van der Waals surface area (Å²) in [5.41, 5.74) is 2.70. The molecule has 2 heterocycles. The van der Waals surface area contributed by atoms with Gasteiger partial charge in [0.05, 0.1) is 24.4 Å². The van der Waals surface area contributed by atoms with Gasteiger partial charge in [-0.3, -0.25) is 9.59 Å². The van der Waals surface area contributed by atoms with E-state index in [2.05, 4.69) is 24.1 Å². The summed E-state index contributed by atoms with van der Waals surface area (Å²) in [5.74, 6) is 0.299. The van der Waals surface area contributed by atoms with E-state index in [-0.39, 0.29) is 18.2 Å². The van der Waals surface area contributed by atoms with E-state index in [0.29, 0.717) is 29.0 Å². The SMILES string of the molecule is COc1ccc(C)cc1N1C[C@H](C(=O)Nc2nc(C(C)C)cs2)CC1=O. The van der Waals surface area contributed by atoms with Gasteiger partial charge in [0.25, 0.3) is 0 Å². The molecule has 0 aliphatic carbocycles. The number of carbonyl (C=O) groups is 2. The Hall–Kier alpha value is -2.41. The lowest BCUT2D eigenvalue weighted by molar-refractivity contribution is -0.122. The lowest BCUT2D eigenvalue weighted by Gasteiger charge is -2.20. The summed E-state index contributed by atoms with van der Waals surface area (Å²) in [7, 11) is 1.58. The Bertz CT molecular complexity index is 831. The topological polar surface area (TPSA) is 71.5 Å². The molecule has 0 spiro atoms. The first-order valence-electron chi connectivity index (χ1n) is 8.60. The van der Waals surface area contributed by atoms with Crippen LogP contribution in [0.1, 0.15) is 37.4 Å². The minimum atomic E-state index is -0.404. The van der Waals surface area contributed by atoms with Crippen molar-refractivity contribution in [2.24, 2.45) is 5.92 Å². The zero-order valence-corrected chi connectivity index (χ0v) is 16.2. The van der Waals surface area contributed by atoms with Crippen LogP contribution in [0, 0.1) is 12.8 Å². The molecule has 1 N–H and O–H groups in total. The van der Waals surface area contributed by atoms with Gasteiger partial charge in [-0.05, 0) is 30.5 Å². The van der Waals surface area contributed by atoms with Gasteiger partial charge in [0.15, 0.2) is 5.13 Å². The third-order valence-electron chi connectivity index (χ3n) is 4.46. The van der Waals surface area contributed by atoms with Gasteiger partial charge in [0.2, 0.25) is 11.8 Å². The Balaban J connectivity index is 1.73. The molecule has 0 unspecified atom stereocenters. The number of methoxy groups -OCH3 is 1. The molecule has 2 aromatic rings. The zero-order valence-electron chi connectivity index (χ0n) is 15.4. The summed E-state index contributed by atoms with van der Waals surface area (Å²) < 4.78 is 5.37. The molecule has 1 aliphatic heterocycles. The second-order valence-corrected chi connectivity index (χ2v) is 7.66. The number of amides is 2. The number of benzene rings is 1. The number of nitrogens with one attached hydrogen (secondary N) is 1. The Kier molecular flexibility index (Phi) is 5.27. The van der Waals surface area contributed by atoms with Crippen LogP contribution >= 0.6 is 11.3 Å². The van der Waals surface area contributed by atoms with Crippen molar-refractivity contribution in [2.75, 3.05) is 23.9 Å². The van der Waals surface area contributed by atoms with Gasteiger partial charge in [-0.2, -0.15) is 0 Å². The minimum absolute atomic E-state index is 0.0731. The van der Waals surface area contributed by atoms with E-state index in [1.807, 2.05) is 30.5 Å². The third-order valence-corrected chi connectivity index (χ3v) is 5.24. The maximum Gasteiger partial charge on any atom is 0.231 e. The van der Waals surface area contributed by atoms with Crippen molar-refractivity contribution in [1.29, 1.82) is 0 Å². The fourth-order valence-electron chi connectivity index (χ4n) is 2.94. The van der Waals surface area contributed by atoms with Crippen molar-refractivity contribution in [3.05, 3.63) is 34.8 Å². The smallest absolute Gasteiger partial charge is 0.231 e. The molecule has 1 aromatic heterocycles. The van der Waals surface area contributed by atoms with Gasteiger partial charge < -0.3 is 15.0 Å². The Morgan fingerprint density at radius 2 is 2.19 bits per heavy atom. The third kappa shape index (κ3) is 3.72. The number of anilines is 2. The number of rotatable bonds is 5. The van der Waals surface area contributed by atoms with Gasteiger partial charge in [0, 0.05) is 18.3 Å². The average Bonchev–Trinajstić information content (AvgIpc) is 3.21. The Morgan fingerprint density at radius 3 is 2.85 bits per heavy atom. The molecule has 26 heavy (non-hydrogen) atoms. The van der Waals surface area contributed by atoms with Crippen LogP contribution in [0.4, 0.5) is 10.8 Å². The Labute approximate surface area is 157 Å². The Morgan fingerprint density at radius 1 is 1.42 bits per heavy atom. The predicted octanol–water partition coefficient (Wildman–Crippen LogP) is 3.58. The highest BCUT2D eigenvalue weighted by atomic mass is 32.1. The number of nitrogens with zero attached hydrogens (tertiary/aromatic N) is 2. The summed E-state index contributed by atoms with van der Waals surface area (Å²) in [5, 5.41) is 5.38. The number of ether oxygens (including phenoxy) is 1. The molecule has 2 amide bonds. The first-order chi connectivity index (χ1) is 12.4. The summed E-state index contributed by atoms with van der Waals surface area (Å²) >= 11 is 1.41.